The van der Waals surface area contributed by atoms with Gasteiger partial charge in [0.1, 0.15) is 0 Å². The Balaban J connectivity index is 3.41. The zero-order chi connectivity index (χ0) is 12.9. The van der Waals surface area contributed by atoms with Crippen LogP contribution in [0.3, 0.4) is 0 Å². The molecule has 0 aliphatic heterocycles. The van der Waals surface area contributed by atoms with Gasteiger partial charge >= 0.3 is 5.97 Å². The molecule has 0 aliphatic rings. The predicted octanol–water partition coefficient (Wildman–Crippen LogP) is 3.64. The highest BCUT2D eigenvalue weighted by atomic mass is 19.1. The standard InChI is InChI=1S/C14H23FO2/c1-3-4-5-6-7-8-9-10-13(15)11-12-14(16)17-2/h13H,3-10H2,1-2H3. The van der Waals surface area contributed by atoms with Crippen LogP contribution in [0.4, 0.5) is 4.39 Å². The second-order valence-corrected chi connectivity index (χ2v) is 4.14. The number of halogens is 1. The lowest BCUT2D eigenvalue weighted by Crippen LogP contribution is -2.00. The third-order valence-corrected chi connectivity index (χ3v) is 2.58. The number of ether oxygens (including phenoxy) is 1. The smallest absolute Gasteiger partial charge is 0.384 e. The Morgan fingerprint density at radius 2 is 1.76 bits per heavy atom. The van der Waals surface area contributed by atoms with Crippen molar-refractivity contribution in [2.24, 2.45) is 0 Å². The number of methoxy groups -OCH3 is 1. The number of hydrogen-bond acceptors (Lipinski definition) is 2. The minimum atomic E-state index is -1.20. The number of hydrogen-bond donors (Lipinski definition) is 0. The lowest BCUT2D eigenvalue weighted by Gasteiger charge is -2.01. The van der Waals surface area contributed by atoms with E-state index in [0.717, 1.165) is 19.3 Å². The van der Waals surface area contributed by atoms with Crippen molar-refractivity contribution in [2.75, 3.05) is 7.11 Å². The Morgan fingerprint density at radius 1 is 1.18 bits per heavy atom. The minimum Gasteiger partial charge on any atom is -0.459 e. The molecule has 0 fully saturated rings. The fourth-order valence-corrected chi connectivity index (χ4v) is 1.54. The van der Waals surface area contributed by atoms with E-state index in [0.29, 0.717) is 6.42 Å². The van der Waals surface area contributed by atoms with Crippen LogP contribution in [0, 0.1) is 11.8 Å². The zero-order valence-corrected chi connectivity index (χ0v) is 10.9. The summed E-state index contributed by atoms with van der Waals surface area (Å²) in [4.78, 5) is 10.6. The Labute approximate surface area is 104 Å². The number of alkyl halides is 1. The van der Waals surface area contributed by atoms with Crippen LogP contribution in [0.5, 0.6) is 0 Å². The maximum absolute atomic E-state index is 13.1. The highest BCUT2D eigenvalue weighted by molar-refractivity contribution is 5.88. The molecule has 0 aromatic heterocycles. The molecule has 17 heavy (non-hydrogen) atoms. The summed E-state index contributed by atoms with van der Waals surface area (Å²) >= 11 is 0. The Bertz CT molecular complexity index is 253. The van der Waals surface area contributed by atoms with Gasteiger partial charge < -0.3 is 4.74 Å². The van der Waals surface area contributed by atoms with Gasteiger partial charge in [0.15, 0.2) is 6.17 Å². The van der Waals surface area contributed by atoms with Crippen LogP contribution < -0.4 is 0 Å². The van der Waals surface area contributed by atoms with Crippen molar-refractivity contribution in [3.63, 3.8) is 0 Å². The largest absolute Gasteiger partial charge is 0.459 e. The molecule has 3 heteroatoms. The molecule has 0 aliphatic carbocycles. The van der Waals surface area contributed by atoms with E-state index in [4.69, 9.17) is 0 Å². The maximum Gasteiger partial charge on any atom is 0.384 e. The van der Waals surface area contributed by atoms with E-state index in [2.05, 4.69) is 23.5 Å². The average molecular weight is 242 g/mol. The lowest BCUT2D eigenvalue weighted by molar-refractivity contribution is -0.133. The highest BCUT2D eigenvalue weighted by Gasteiger charge is 2.02. The van der Waals surface area contributed by atoms with E-state index < -0.39 is 12.1 Å². The van der Waals surface area contributed by atoms with Crippen LogP contribution in [0.25, 0.3) is 0 Å². The fraction of sp³-hybridized carbons (Fsp3) is 0.786. The number of carbonyl (C=O) groups excluding carboxylic acids is 1. The van der Waals surface area contributed by atoms with Gasteiger partial charge in [-0.1, -0.05) is 51.4 Å². The Hall–Kier alpha value is -1.04. The van der Waals surface area contributed by atoms with Gasteiger partial charge in [-0.15, -0.1) is 0 Å². The summed E-state index contributed by atoms with van der Waals surface area (Å²) in [6.45, 7) is 2.19. The first-order valence-electron chi connectivity index (χ1n) is 6.44. The molecule has 0 rings (SSSR count). The molecule has 0 amide bonds. The van der Waals surface area contributed by atoms with Crippen LogP contribution in [0.1, 0.15) is 58.3 Å². The molecule has 0 saturated heterocycles. The first-order valence-corrected chi connectivity index (χ1v) is 6.44. The van der Waals surface area contributed by atoms with Crippen LogP contribution >= 0.6 is 0 Å². The van der Waals surface area contributed by atoms with Crippen molar-refractivity contribution < 1.29 is 13.9 Å². The summed E-state index contributed by atoms with van der Waals surface area (Å²) in [6, 6.07) is 0. The summed E-state index contributed by atoms with van der Waals surface area (Å²) in [7, 11) is 1.24. The number of unbranched alkanes of at least 4 members (excludes halogenated alkanes) is 6. The summed E-state index contributed by atoms with van der Waals surface area (Å²) in [5, 5.41) is 0. The van der Waals surface area contributed by atoms with Gasteiger partial charge in [0.25, 0.3) is 0 Å². The van der Waals surface area contributed by atoms with E-state index in [1.807, 2.05) is 0 Å². The molecule has 0 aromatic rings. The Kier molecular flexibility index (Phi) is 10.7. The predicted molar refractivity (Wildman–Crippen MR) is 67.3 cm³/mol. The second kappa shape index (κ2) is 11.4. The van der Waals surface area contributed by atoms with E-state index in [1.165, 1.54) is 32.8 Å². The van der Waals surface area contributed by atoms with Crippen LogP contribution in [0.2, 0.25) is 0 Å². The molecular weight excluding hydrogens is 219 g/mol. The molecule has 0 radical (unpaired) electrons. The van der Waals surface area contributed by atoms with Crippen LogP contribution in [-0.4, -0.2) is 19.3 Å². The lowest BCUT2D eigenvalue weighted by atomic mass is 10.1. The molecule has 0 N–H and O–H groups in total. The van der Waals surface area contributed by atoms with E-state index >= 15 is 0 Å². The fourth-order valence-electron chi connectivity index (χ4n) is 1.54. The zero-order valence-electron chi connectivity index (χ0n) is 10.9. The van der Waals surface area contributed by atoms with Crippen LogP contribution in [0.15, 0.2) is 0 Å². The van der Waals surface area contributed by atoms with E-state index in [1.54, 1.807) is 0 Å². The summed E-state index contributed by atoms with van der Waals surface area (Å²) in [6.07, 6.45) is 7.30. The van der Waals surface area contributed by atoms with Crippen molar-refractivity contribution in [1.82, 2.24) is 0 Å². The van der Waals surface area contributed by atoms with Gasteiger partial charge in [-0.05, 0) is 12.8 Å². The van der Waals surface area contributed by atoms with Gasteiger partial charge in [0.05, 0.1) is 7.11 Å². The molecule has 0 spiro atoms. The summed E-state index contributed by atoms with van der Waals surface area (Å²) < 4.78 is 17.5. The van der Waals surface area contributed by atoms with E-state index in [-0.39, 0.29) is 0 Å². The SMILES string of the molecule is CCCCCCCCCC(F)C#CC(=O)OC. The maximum atomic E-state index is 13.1. The summed E-state index contributed by atoms with van der Waals surface area (Å²) in [5.74, 6) is 3.69. The number of rotatable bonds is 8. The average Bonchev–Trinajstić information content (AvgIpc) is 2.34. The van der Waals surface area contributed by atoms with Gasteiger partial charge in [-0.3, -0.25) is 0 Å². The molecule has 1 unspecified atom stereocenters. The van der Waals surface area contributed by atoms with Crippen molar-refractivity contribution in [1.29, 1.82) is 0 Å². The van der Waals surface area contributed by atoms with Crippen molar-refractivity contribution in [3.05, 3.63) is 0 Å². The molecule has 0 bridgehead atoms. The van der Waals surface area contributed by atoms with Crippen molar-refractivity contribution >= 4 is 5.97 Å². The second-order valence-electron chi connectivity index (χ2n) is 4.14. The Morgan fingerprint density at radius 3 is 2.35 bits per heavy atom. The molecule has 2 nitrogen and oxygen atoms in total. The third kappa shape index (κ3) is 11.2. The topological polar surface area (TPSA) is 26.3 Å². The molecule has 1 atom stereocenters. The van der Waals surface area contributed by atoms with Gasteiger partial charge in [0.2, 0.25) is 0 Å². The highest BCUT2D eigenvalue weighted by Crippen LogP contribution is 2.10. The van der Waals surface area contributed by atoms with Gasteiger partial charge in [-0.2, -0.15) is 0 Å². The molecule has 0 heterocycles. The van der Waals surface area contributed by atoms with Crippen molar-refractivity contribution in [3.8, 4) is 11.8 Å². The van der Waals surface area contributed by atoms with Crippen LogP contribution in [-0.2, 0) is 9.53 Å². The first-order chi connectivity index (χ1) is 8.20. The molecule has 0 aromatic carbocycles. The first kappa shape index (κ1) is 16.0. The molecule has 0 saturated carbocycles. The molecular formula is C14H23FO2. The van der Waals surface area contributed by atoms with E-state index in [9.17, 15) is 9.18 Å². The summed E-state index contributed by atoms with van der Waals surface area (Å²) in [5.41, 5.74) is 0. The monoisotopic (exact) mass is 242 g/mol. The minimum absolute atomic E-state index is 0.414. The quantitative estimate of drug-likeness (QED) is 0.281. The van der Waals surface area contributed by atoms with Gasteiger partial charge in [-0.25, -0.2) is 9.18 Å². The van der Waals surface area contributed by atoms with Crippen molar-refractivity contribution in [2.45, 2.75) is 64.5 Å². The number of esters is 1. The normalized spacial score (nSPS) is 11.5. The van der Waals surface area contributed by atoms with Gasteiger partial charge in [0, 0.05) is 5.92 Å². The number of carbonyl (C=O) groups is 1. The third-order valence-electron chi connectivity index (χ3n) is 2.58. The molecule has 98 valence electrons.